The van der Waals surface area contributed by atoms with E-state index in [0.717, 1.165) is 24.1 Å². The average Bonchev–Trinajstić information content (AvgIpc) is 2.88. The molecule has 2 aromatic rings. The molecule has 1 aliphatic heterocycles. The SMILES string of the molecule is Cc1c([N+](=O)[O-])c(C(=O)N2c3ccccc3CCC2C(C)C)nn1C. The van der Waals surface area contributed by atoms with Gasteiger partial charge in [0.15, 0.2) is 0 Å². The van der Waals surface area contributed by atoms with Crippen LogP contribution in [-0.4, -0.2) is 26.7 Å². The standard InChI is InChI=1S/C18H22N4O3/c1-11(2)14-10-9-13-7-5-6-8-15(13)21(14)18(23)16-17(22(24)25)12(3)20(4)19-16/h5-8,11,14H,9-10H2,1-4H3. The highest BCUT2D eigenvalue weighted by Gasteiger charge is 2.38. The van der Waals surface area contributed by atoms with Crippen molar-refractivity contribution in [2.75, 3.05) is 4.90 Å². The summed E-state index contributed by atoms with van der Waals surface area (Å²) in [6.07, 6.45) is 1.73. The third-order valence-electron chi connectivity index (χ3n) is 4.97. The summed E-state index contributed by atoms with van der Waals surface area (Å²) in [5, 5.41) is 15.6. The first-order chi connectivity index (χ1) is 11.8. The van der Waals surface area contributed by atoms with Crippen LogP contribution in [0, 0.1) is 23.0 Å². The molecule has 1 aromatic heterocycles. The number of hydrogen-bond donors (Lipinski definition) is 0. The Labute approximate surface area is 146 Å². The van der Waals surface area contributed by atoms with Gasteiger partial charge in [0.25, 0.3) is 5.91 Å². The van der Waals surface area contributed by atoms with Crippen LogP contribution < -0.4 is 4.90 Å². The number of carbonyl (C=O) groups excluding carboxylic acids is 1. The summed E-state index contributed by atoms with van der Waals surface area (Å²) in [6.45, 7) is 5.74. The van der Waals surface area contributed by atoms with E-state index in [9.17, 15) is 14.9 Å². The van der Waals surface area contributed by atoms with Crippen LogP contribution >= 0.6 is 0 Å². The first-order valence-corrected chi connectivity index (χ1v) is 8.42. The molecule has 0 N–H and O–H groups in total. The smallest absolute Gasteiger partial charge is 0.303 e. The average molecular weight is 342 g/mol. The molecular weight excluding hydrogens is 320 g/mol. The van der Waals surface area contributed by atoms with Crippen LogP contribution in [0.15, 0.2) is 24.3 Å². The van der Waals surface area contributed by atoms with E-state index in [1.165, 1.54) is 4.68 Å². The van der Waals surface area contributed by atoms with E-state index >= 15 is 0 Å². The number of fused-ring (bicyclic) bond motifs is 1. The highest BCUT2D eigenvalue weighted by atomic mass is 16.6. The fraction of sp³-hybridized carbons (Fsp3) is 0.444. The predicted molar refractivity (Wildman–Crippen MR) is 94.8 cm³/mol. The lowest BCUT2D eigenvalue weighted by Gasteiger charge is -2.39. The van der Waals surface area contributed by atoms with Crippen molar-refractivity contribution >= 4 is 17.3 Å². The summed E-state index contributed by atoms with van der Waals surface area (Å²) < 4.78 is 1.39. The molecule has 0 spiro atoms. The zero-order valence-electron chi connectivity index (χ0n) is 14.9. The number of rotatable bonds is 3. The van der Waals surface area contributed by atoms with Gasteiger partial charge in [0, 0.05) is 18.8 Å². The van der Waals surface area contributed by atoms with Gasteiger partial charge < -0.3 is 4.90 Å². The zero-order valence-corrected chi connectivity index (χ0v) is 14.9. The Bertz CT molecular complexity index is 841. The van der Waals surface area contributed by atoms with Gasteiger partial charge in [-0.15, -0.1) is 0 Å². The molecule has 0 saturated heterocycles. The first kappa shape index (κ1) is 17.1. The molecule has 25 heavy (non-hydrogen) atoms. The number of nitrogens with zero attached hydrogens (tertiary/aromatic N) is 4. The molecule has 0 bridgehead atoms. The minimum absolute atomic E-state index is 0.00989. The van der Waals surface area contributed by atoms with Gasteiger partial charge in [-0.3, -0.25) is 19.6 Å². The number of benzene rings is 1. The molecule has 0 fully saturated rings. The van der Waals surface area contributed by atoms with Crippen molar-refractivity contribution in [3.63, 3.8) is 0 Å². The second-order valence-electron chi connectivity index (χ2n) is 6.82. The van der Waals surface area contributed by atoms with Gasteiger partial charge in [0.1, 0.15) is 5.69 Å². The largest absolute Gasteiger partial charge is 0.322 e. The lowest BCUT2D eigenvalue weighted by atomic mass is 9.89. The molecule has 2 heterocycles. The number of amides is 1. The van der Waals surface area contributed by atoms with E-state index in [4.69, 9.17) is 0 Å². The molecule has 3 rings (SSSR count). The number of para-hydroxylation sites is 1. The monoisotopic (exact) mass is 342 g/mol. The Hall–Kier alpha value is -2.70. The first-order valence-electron chi connectivity index (χ1n) is 8.42. The second kappa shape index (κ2) is 6.31. The summed E-state index contributed by atoms with van der Waals surface area (Å²) in [5.74, 6) is -0.164. The van der Waals surface area contributed by atoms with E-state index in [0.29, 0.717) is 5.69 Å². The van der Waals surface area contributed by atoms with Gasteiger partial charge in [-0.05, 0) is 37.3 Å². The van der Waals surface area contributed by atoms with Crippen LogP contribution in [0.5, 0.6) is 0 Å². The molecule has 7 heteroatoms. The van der Waals surface area contributed by atoms with Crippen molar-refractivity contribution in [1.29, 1.82) is 0 Å². The summed E-state index contributed by atoms with van der Waals surface area (Å²) in [4.78, 5) is 26.0. The number of nitro groups is 1. The molecule has 0 saturated carbocycles. The van der Waals surface area contributed by atoms with Crippen molar-refractivity contribution < 1.29 is 9.72 Å². The Balaban J connectivity index is 2.14. The summed E-state index contributed by atoms with van der Waals surface area (Å²) in [6, 6.07) is 7.74. The Morgan fingerprint density at radius 2 is 2.04 bits per heavy atom. The number of hydrogen-bond acceptors (Lipinski definition) is 4. The second-order valence-corrected chi connectivity index (χ2v) is 6.82. The quantitative estimate of drug-likeness (QED) is 0.633. The summed E-state index contributed by atoms with van der Waals surface area (Å²) in [5.41, 5.74) is 1.99. The van der Waals surface area contributed by atoms with E-state index in [1.807, 2.05) is 24.3 Å². The molecular formula is C18H22N4O3. The van der Waals surface area contributed by atoms with Gasteiger partial charge >= 0.3 is 5.69 Å². The minimum Gasteiger partial charge on any atom is -0.303 e. The molecule has 1 unspecified atom stereocenters. The molecule has 1 aromatic carbocycles. The molecule has 1 aliphatic rings. The maximum Gasteiger partial charge on any atom is 0.322 e. The van der Waals surface area contributed by atoms with Gasteiger partial charge in [-0.2, -0.15) is 5.10 Å². The summed E-state index contributed by atoms with van der Waals surface area (Å²) in [7, 11) is 1.61. The molecule has 7 nitrogen and oxygen atoms in total. The van der Waals surface area contributed by atoms with Crippen molar-refractivity contribution in [1.82, 2.24) is 9.78 Å². The Kier molecular flexibility index (Phi) is 4.32. The fourth-order valence-corrected chi connectivity index (χ4v) is 3.53. The molecule has 0 aliphatic carbocycles. The van der Waals surface area contributed by atoms with E-state index < -0.39 is 10.8 Å². The minimum atomic E-state index is -0.518. The van der Waals surface area contributed by atoms with Crippen LogP contribution in [0.2, 0.25) is 0 Å². The van der Waals surface area contributed by atoms with Crippen LogP contribution in [0.25, 0.3) is 0 Å². The van der Waals surface area contributed by atoms with Crippen LogP contribution in [-0.2, 0) is 13.5 Å². The van der Waals surface area contributed by atoms with E-state index in [1.54, 1.807) is 18.9 Å². The molecule has 0 radical (unpaired) electrons. The number of aromatic nitrogens is 2. The normalized spacial score (nSPS) is 16.8. The molecule has 1 amide bonds. The third kappa shape index (κ3) is 2.79. The molecule has 132 valence electrons. The Morgan fingerprint density at radius 3 is 2.68 bits per heavy atom. The highest BCUT2D eigenvalue weighted by molar-refractivity contribution is 6.08. The van der Waals surface area contributed by atoms with Crippen LogP contribution in [0.3, 0.4) is 0 Å². The number of carbonyl (C=O) groups is 1. The number of anilines is 1. The predicted octanol–water partition coefficient (Wildman–Crippen LogP) is 3.25. The van der Waals surface area contributed by atoms with Crippen molar-refractivity contribution in [2.24, 2.45) is 13.0 Å². The molecule has 1 atom stereocenters. The van der Waals surface area contributed by atoms with E-state index in [2.05, 4.69) is 18.9 Å². The van der Waals surface area contributed by atoms with Crippen molar-refractivity contribution in [3.05, 3.63) is 51.3 Å². The topological polar surface area (TPSA) is 81.3 Å². The third-order valence-corrected chi connectivity index (χ3v) is 4.97. The van der Waals surface area contributed by atoms with Crippen molar-refractivity contribution in [3.8, 4) is 0 Å². The maximum absolute atomic E-state index is 13.3. The fourth-order valence-electron chi connectivity index (χ4n) is 3.53. The lowest BCUT2D eigenvalue weighted by molar-refractivity contribution is -0.385. The van der Waals surface area contributed by atoms with Gasteiger partial charge in [-0.1, -0.05) is 32.0 Å². The maximum atomic E-state index is 13.3. The van der Waals surface area contributed by atoms with E-state index in [-0.39, 0.29) is 23.3 Å². The van der Waals surface area contributed by atoms with Gasteiger partial charge in [-0.25, -0.2) is 0 Å². The van der Waals surface area contributed by atoms with Crippen LogP contribution in [0.1, 0.15) is 42.0 Å². The number of aryl methyl sites for hydroxylation is 2. The van der Waals surface area contributed by atoms with Crippen LogP contribution in [0.4, 0.5) is 11.4 Å². The Morgan fingerprint density at radius 1 is 1.36 bits per heavy atom. The van der Waals surface area contributed by atoms with Gasteiger partial charge in [0.2, 0.25) is 5.69 Å². The van der Waals surface area contributed by atoms with Gasteiger partial charge in [0.05, 0.1) is 4.92 Å². The lowest BCUT2D eigenvalue weighted by Crippen LogP contribution is -2.46. The van der Waals surface area contributed by atoms with Crippen molar-refractivity contribution in [2.45, 2.75) is 39.7 Å². The highest BCUT2D eigenvalue weighted by Crippen LogP contribution is 2.36. The summed E-state index contributed by atoms with van der Waals surface area (Å²) >= 11 is 0. The zero-order chi connectivity index (χ0) is 18.3.